The summed E-state index contributed by atoms with van der Waals surface area (Å²) in [5.74, 6) is 0.955. The van der Waals surface area contributed by atoms with E-state index in [1.165, 1.54) is 37.6 Å². The van der Waals surface area contributed by atoms with Crippen LogP contribution >= 0.6 is 0 Å². The second-order valence-corrected chi connectivity index (χ2v) is 12.9. The maximum absolute atomic E-state index is 13.4. The standard InChI is InChI=1S/C33H26F6N6O4S/c1-19-25(11-12-28-27(19)17-42-45(28)18-31(46,32(34,35)36)33(37,38)39)30-26-15-29(41-16-20(26)13-14-40-30)43-21-5-9-24(10-6-21)50(47,48)44-22-3-7-23(49-2)8-4-22/h3-17,44,46H,18H2,1-2H3,(H,41,43). The number of rotatable bonds is 9. The molecule has 0 aliphatic heterocycles. The Morgan fingerprint density at radius 3 is 2.14 bits per heavy atom. The molecule has 0 aliphatic carbocycles. The molecule has 0 amide bonds. The Hall–Kier alpha value is -5.42. The predicted octanol–water partition coefficient (Wildman–Crippen LogP) is 7.36. The largest absolute Gasteiger partial charge is 0.497 e. The van der Waals surface area contributed by atoms with Gasteiger partial charge in [0, 0.05) is 45.5 Å². The molecule has 0 saturated heterocycles. The van der Waals surface area contributed by atoms with E-state index in [1.807, 2.05) is 0 Å². The number of aromatic nitrogens is 4. The number of methoxy groups -OCH3 is 1. The fourth-order valence-electron chi connectivity index (χ4n) is 5.32. The molecule has 0 radical (unpaired) electrons. The number of sulfonamides is 1. The Kier molecular flexibility index (Phi) is 8.59. The quantitative estimate of drug-likeness (QED) is 0.132. The van der Waals surface area contributed by atoms with E-state index in [0.717, 1.165) is 6.20 Å². The number of ether oxygens (including phenoxy) is 1. The summed E-state index contributed by atoms with van der Waals surface area (Å²) in [6.07, 6.45) is -7.75. The minimum absolute atomic E-state index is 0.0208. The third kappa shape index (κ3) is 6.36. The smallest absolute Gasteiger partial charge is 0.428 e. The first-order valence-corrected chi connectivity index (χ1v) is 16.1. The van der Waals surface area contributed by atoms with E-state index in [2.05, 4.69) is 25.1 Å². The molecule has 0 spiro atoms. The molecule has 6 aromatic rings. The van der Waals surface area contributed by atoms with Gasteiger partial charge in [0.1, 0.15) is 11.6 Å². The van der Waals surface area contributed by atoms with Gasteiger partial charge in [-0.05, 0) is 79.2 Å². The monoisotopic (exact) mass is 716 g/mol. The SMILES string of the molecule is COc1ccc(NS(=O)(=O)c2ccc(Nc3cc4c(-c5ccc6c(cnn6CC(O)(C(F)(F)F)C(F)(F)F)c5C)nccc4cn3)cc2)cc1. The lowest BCUT2D eigenvalue weighted by Crippen LogP contribution is -2.59. The molecule has 0 saturated carbocycles. The van der Waals surface area contributed by atoms with Crippen molar-refractivity contribution in [1.29, 1.82) is 0 Å². The van der Waals surface area contributed by atoms with Crippen LogP contribution in [0.2, 0.25) is 0 Å². The van der Waals surface area contributed by atoms with Crippen LogP contribution in [0.4, 0.5) is 43.5 Å². The number of fused-ring (bicyclic) bond motifs is 2. The summed E-state index contributed by atoms with van der Waals surface area (Å²) in [5.41, 5.74) is -2.73. The van der Waals surface area contributed by atoms with E-state index in [1.54, 1.807) is 61.7 Å². The first-order valence-electron chi connectivity index (χ1n) is 14.6. The van der Waals surface area contributed by atoms with Crippen molar-refractivity contribution in [2.24, 2.45) is 0 Å². The van der Waals surface area contributed by atoms with Crippen molar-refractivity contribution in [2.45, 2.75) is 36.3 Å². The second-order valence-electron chi connectivity index (χ2n) is 11.3. The summed E-state index contributed by atoms with van der Waals surface area (Å²) < 4.78 is 114. The molecule has 3 aromatic carbocycles. The Morgan fingerprint density at radius 2 is 1.50 bits per heavy atom. The number of hydrogen-bond donors (Lipinski definition) is 3. The highest BCUT2D eigenvalue weighted by molar-refractivity contribution is 7.92. The van der Waals surface area contributed by atoms with Crippen LogP contribution in [0.15, 0.2) is 96.3 Å². The van der Waals surface area contributed by atoms with Crippen molar-refractivity contribution >= 4 is 48.9 Å². The molecular weight excluding hydrogens is 690 g/mol. The third-order valence-corrected chi connectivity index (χ3v) is 9.49. The molecule has 0 bridgehead atoms. The van der Waals surface area contributed by atoms with Crippen LogP contribution in [-0.2, 0) is 16.6 Å². The number of benzene rings is 3. The molecular formula is C33H26F6N6O4S. The summed E-state index contributed by atoms with van der Waals surface area (Å²) >= 11 is 0. The number of hydrogen-bond acceptors (Lipinski definition) is 8. The van der Waals surface area contributed by atoms with Gasteiger partial charge in [0.15, 0.2) is 0 Å². The molecule has 6 rings (SSSR count). The second kappa shape index (κ2) is 12.5. The molecule has 0 unspecified atom stereocenters. The number of aryl methyl sites for hydroxylation is 1. The number of nitrogens with one attached hydrogen (secondary N) is 2. The minimum atomic E-state index is -6.00. The van der Waals surface area contributed by atoms with Crippen LogP contribution in [0.25, 0.3) is 32.9 Å². The summed E-state index contributed by atoms with van der Waals surface area (Å²) in [5, 5.41) is 18.1. The van der Waals surface area contributed by atoms with Gasteiger partial charge in [0.05, 0.1) is 36.0 Å². The molecule has 10 nitrogen and oxygen atoms in total. The summed E-state index contributed by atoms with van der Waals surface area (Å²) in [6, 6.07) is 18.6. The number of halogens is 6. The van der Waals surface area contributed by atoms with Gasteiger partial charge in [-0.2, -0.15) is 31.4 Å². The average molecular weight is 717 g/mol. The van der Waals surface area contributed by atoms with Gasteiger partial charge >= 0.3 is 12.4 Å². The number of anilines is 3. The molecule has 0 atom stereocenters. The van der Waals surface area contributed by atoms with Gasteiger partial charge in [0.25, 0.3) is 15.6 Å². The molecule has 3 heterocycles. The topological polar surface area (TPSA) is 131 Å². The lowest BCUT2D eigenvalue weighted by molar-refractivity contribution is -0.372. The van der Waals surface area contributed by atoms with Crippen molar-refractivity contribution in [3.05, 3.63) is 97.0 Å². The molecule has 0 fully saturated rings. The normalized spacial score (nSPS) is 12.7. The summed E-state index contributed by atoms with van der Waals surface area (Å²) in [7, 11) is -2.39. The van der Waals surface area contributed by atoms with Crippen LogP contribution in [0, 0.1) is 6.92 Å². The number of alkyl halides is 6. The van der Waals surface area contributed by atoms with E-state index in [-0.39, 0.29) is 15.8 Å². The minimum Gasteiger partial charge on any atom is -0.497 e. The van der Waals surface area contributed by atoms with Gasteiger partial charge in [0.2, 0.25) is 0 Å². The summed E-state index contributed by atoms with van der Waals surface area (Å²) in [6.45, 7) is -0.259. The highest BCUT2D eigenvalue weighted by atomic mass is 32.2. The molecule has 17 heteroatoms. The van der Waals surface area contributed by atoms with Gasteiger partial charge in [-0.15, -0.1) is 0 Å². The number of nitrogens with zero attached hydrogens (tertiary/aromatic N) is 4. The van der Waals surface area contributed by atoms with Crippen molar-refractivity contribution in [1.82, 2.24) is 19.7 Å². The van der Waals surface area contributed by atoms with Gasteiger partial charge in [-0.1, -0.05) is 6.07 Å². The fraction of sp³-hybridized carbons (Fsp3) is 0.182. The Morgan fingerprint density at radius 1 is 0.840 bits per heavy atom. The highest BCUT2D eigenvalue weighted by Crippen LogP contribution is 2.44. The fourth-order valence-corrected chi connectivity index (χ4v) is 6.38. The van der Waals surface area contributed by atoms with Gasteiger partial charge in [-0.3, -0.25) is 14.4 Å². The maximum atomic E-state index is 13.4. The highest BCUT2D eigenvalue weighted by Gasteiger charge is 2.70. The van der Waals surface area contributed by atoms with E-state index in [9.17, 15) is 39.9 Å². The van der Waals surface area contributed by atoms with Crippen LogP contribution < -0.4 is 14.8 Å². The predicted molar refractivity (Wildman–Crippen MR) is 174 cm³/mol. The molecule has 3 N–H and O–H groups in total. The molecule has 3 aromatic heterocycles. The lowest BCUT2D eigenvalue weighted by atomic mass is 9.98. The van der Waals surface area contributed by atoms with E-state index in [0.29, 0.717) is 55.2 Å². The van der Waals surface area contributed by atoms with Crippen molar-refractivity contribution in [3.8, 4) is 17.0 Å². The van der Waals surface area contributed by atoms with Gasteiger partial charge in [-0.25, -0.2) is 13.4 Å². The molecule has 260 valence electrons. The van der Waals surface area contributed by atoms with Crippen LogP contribution in [0.5, 0.6) is 5.75 Å². The zero-order valence-electron chi connectivity index (χ0n) is 26.0. The molecule has 0 aliphatic rings. The van der Waals surface area contributed by atoms with Crippen molar-refractivity contribution < 1.29 is 44.6 Å². The van der Waals surface area contributed by atoms with E-state index < -0.39 is 34.5 Å². The number of pyridine rings is 2. The molecule has 50 heavy (non-hydrogen) atoms. The Bertz CT molecular complexity index is 2300. The first kappa shape index (κ1) is 34.4. The zero-order valence-corrected chi connectivity index (χ0v) is 26.8. The van der Waals surface area contributed by atoms with Crippen molar-refractivity contribution in [3.63, 3.8) is 0 Å². The van der Waals surface area contributed by atoms with Crippen LogP contribution in [0.1, 0.15) is 5.56 Å². The first-order chi connectivity index (χ1) is 23.5. The zero-order chi connectivity index (χ0) is 36.1. The lowest BCUT2D eigenvalue weighted by Gasteiger charge is -2.32. The summed E-state index contributed by atoms with van der Waals surface area (Å²) in [4.78, 5) is 8.95. The van der Waals surface area contributed by atoms with Crippen LogP contribution in [-0.4, -0.2) is 58.3 Å². The van der Waals surface area contributed by atoms with Crippen molar-refractivity contribution in [2.75, 3.05) is 17.1 Å². The van der Waals surface area contributed by atoms with E-state index in [4.69, 9.17) is 4.74 Å². The maximum Gasteiger partial charge on any atom is 0.428 e. The Balaban J connectivity index is 1.27. The third-order valence-electron chi connectivity index (χ3n) is 8.09. The van der Waals surface area contributed by atoms with Gasteiger partial charge < -0.3 is 15.2 Å². The average Bonchev–Trinajstić information content (AvgIpc) is 3.47. The van der Waals surface area contributed by atoms with Crippen LogP contribution in [0.3, 0.4) is 0 Å². The van der Waals surface area contributed by atoms with E-state index >= 15 is 0 Å². The Labute approximate surface area is 280 Å². The number of aliphatic hydroxyl groups is 1.